The summed E-state index contributed by atoms with van der Waals surface area (Å²) < 4.78 is 36.8. The first kappa shape index (κ1) is 14.1. The second-order valence-corrected chi connectivity index (χ2v) is 5.94. The number of aromatic nitrogens is 3. The van der Waals surface area contributed by atoms with E-state index in [-0.39, 0.29) is 16.9 Å². The van der Waals surface area contributed by atoms with Gasteiger partial charge >= 0.3 is 0 Å². The third-order valence-corrected chi connectivity index (χ3v) is 3.80. The third-order valence-electron chi connectivity index (χ3n) is 2.32. The first-order valence-corrected chi connectivity index (χ1v) is 7.19. The van der Waals surface area contributed by atoms with Crippen molar-refractivity contribution in [3.05, 3.63) is 35.6 Å². The monoisotopic (exact) mass is 298 g/mol. The maximum Gasteiger partial charge on any atom is 0.249 e. The molecule has 0 atom stereocenters. The molecule has 0 unspecified atom stereocenters. The van der Waals surface area contributed by atoms with Crippen molar-refractivity contribution in [3.8, 4) is 0 Å². The van der Waals surface area contributed by atoms with Gasteiger partial charge in [0, 0.05) is 6.92 Å². The van der Waals surface area contributed by atoms with E-state index in [0.29, 0.717) is 5.56 Å². The standard InChI is InChI=1S/C11H11FN4O3S/c1-7(17)13-10-14-11(16-15-10)20(18,19)6-8-2-4-9(12)5-3-8/h2-5H,6H2,1H3,(H2,13,14,15,16,17). The fourth-order valence-electron chi connectivity index (χ4n) is 1.47. The molecule has 1 amide bonds. The van der Waals surface area contributed by atoms with Gasteiger partial charge in [0.2, 0.25) is 26.8 Å². The quantitative estimate of drug-likeness (QED) is 0.871. The minimum absolute atomic E-state index is 0.116. The van der Waals surface area contributed by atoms with E-state index in [1.165, 1.54) is 31.2 Å². The molecule has 0 saturated carbocycles. The van der Waals surface area contributed by atoms with Crippen molar-refractivity contribution in [2.45, 2.75) is 17.8 Å². The summed E-state index contributed by atoms with van der Waals surface area (Å²) in [4.78, 5) is 14.5. The van der Waals surface area contributed by atoms with E-state index in [1.807, 2.05) is 0 Å². The van der Waals surface area contributed by atoms with Crippen LogP contribution in [-0.2, 0) is 20.4 Å². The number of carbonyl (C=O) groups excluding carboxylic acids is 1. The summed E-state index contributed by atoms with van der Waals surface area (Å²) in [7, 11) is -3.74. The predicted molar refractivity (Wildman–Crippen MR) is 68.0 cm³/mol. The summed E-state index contributed by atoms with van der Waals surface area (Å²) in [6.07, 6.45) is 0. The molecule has 2 N–H and O–H groups in total. The molecule has 9 heteroatoms. The van der Waals surface area contributed by atoms with Gasteiger partial charge in [-0.3, -0.25) is 10.1 Å². The van der Waals surface area contributed by atoms with Crippen LogP contribution in [0.25, 0.3) is 0 Å². The minimum atomic E-state index is -3.74. The molecule has 0 aliphatic rings. The average molecular weight is 298 g/mol. The molecule has 2 aromatic rings. The number of rotatable bonds is 4. The fourth-order valence-corrected chi connectivity index (χ4v) is 2.65. The number of carbonyl (C=O) groups is 1. The Kier molecular flexibility index (Phi) is 3.79. The molecule has 20 heavy (non-hydrogen) atoms. The van der Waals surface area contributed by atoms with Gasteiger partial charge in [-0.25, -0.2) is 17.9 Å². The lowest BCUT2D eigenvalue weighted by Gasteiger charge is -2.00. The molecule has 0 bridgehead atoms. The van der Waals surface area contributed by atoms with E-state index in [1.54, 1.807) is 0 Å². The zero-order chi connectivity index (χ0) is 14.8. The van der Waals surface area contributed by atoms with Crippen molar-refractivity contribution < 1.29 is 17.6 Å². The van der Waals surface area contributed by atoms with Crippen molar-refractivity contribution >= 4 is 21.7 Å². The van der Waals surface area contributed by atoms with E-state index >= 15 is 0 Å². The second-order valence-electron chi connectivity index (χ2n) is 4.03. The van der Waals surface area contributed by atoms with Crippen LogP contribution in [-0.4, -0.2) is 29.5 Å². The molecule has 1 aromatic carbocycles. The van der Waals surface area contributed by atoms with Gasteiger partial charge in [-0.2, -0.15) is 4.98 Å². The number of hydrogen-bond acceptors (Lipinski definition) is 5. The van der Waals surface area contributed by atoms with Crippen LogP contribution in [0.2, 0.25) is 0 Å². The molecule has 0 aliphatic heterocycles. The maximum atomic E-state index is 12.7. The number of benzene rings is 1. The topological polar surface area (TPSA) is 105 Å². The number of sulfone groups is 1. The fraction of sp³-hybridized carbons (Fsp3) is 0.182. The molecule has 1 heterocycles. The predicted octanol–water partition coefficient (Wildman–Crippen LogP) is 0.876. The van der Waals surface area contributed by atoms with Crippen LogP contribution in [0, 0.1) is 5.82 Å². The van der Waals surface area contributed by atoms with E-state index in [4.69, 9.17) is 0 Å². The summed E-state index contributed by atoms with van der Waals surface area (Å²) in [5, 5.41) is 7.72. The van der Waals surface area contributed by atoms with Gasteiger partial charge in [-0.05, 0) is 17.7 Å². The number of hydrogen-bond donors (Lipinski definition) is 2. The van der Waals surface area contributed by atoms with Crippen LogP contribution >= 0.6 is 0 Å². The summed E-state index contributed by atoms with van der Waals surface area (Å²) in [5.41, 5.74) is 0.420. The largest absolute Gasteiger partial charge is 0.293 e. The molecular formula is C11H11FN4O3S. The normalized spacial score (nSPS) is 11.3. The Labute approximate surface area is 114 Å². The van der Waals surface area contributed by atoms with E-state index in [0.717, 1.165) is 0 Å². The summed E-state index contributed by atoms with van der Waals surface area (Å²) in [5.74, 6) is -1.32. The van der Waals surface area contributed by atoms with Crippen molar-refractivity contribution in [1.82, 2.24) is 15.2 Å². The molecule has 0 radical (unpaired) electrons. The van der Waals surface area contributed by atoms with E-state index < -0.39 is 21.6 Å². The maximum absolute atomic E-state index is 12.7. The molecule has 7 nitrogen and oxygen atoms in total. The highest BCUT2D eigenvalue weighted by molar-refractivity contribution is 7.90. The molecule has 1 aromatic heterocycles. The number of halogens is 1. The van der Waals surface area contributed by atoms with Crippen molar-refractivity contribution in [2.24, 2.45) is 0 Å². The van der Waals surface area contributed by atoms with Crippen molar-refractivity contribution in [2.75, 3.05) is 5.32 Å². The summed E-state index contributed by atoms with van der Waals surface area (Å²) >= 11 is 0. The SMILES string of the molecule is CC(=O)Nc1n[nH]c(S(=O)(=O)Cc2ccc(F)cc2)n1. The molecular weight excluding hydrogens is 287 g/mol. The van der Waals surface area contributed by atoms with Gasteiger partial charge in [0.05, 0.1) is 5.75 Å². The van der Waals surface area contributed by atoms with Gasteiger partial charge in [0.25, 0.3) is 0 Å². The van der Waals surface area contributed by atoms with E-state index in [9.17, 15) is 17.6 Å². The molecule has 0 fully saturated rings. The van der Waals surface area contributed by atoms with Crippen LogP contribution in [0.1, 0.15) is 12.5 Å². The Morgan fingerprint density at radius 1 is 1.35 bits per heavy atom. The van der Waals surface area contributed by atoms with Crippen LogP contribution < -0.4 is 5.32 Å². The Bertz CT molecular complexity index is 724. The van der Waals surface area contributed by atoms with Crippen LogP contribution in [0.4, 0.5) is 10.3 Å². The Morgan fingerprint density at radius 3 is 2.60 bits per heavy atom. The molecule has 0 spiro atoms. The smallest absolute Gasteiger partial charge is 0.249 e. The average Bonchev–Trinajstić information content (AvgIpc) is 2.80. The van der Waals surface area contributed by atoms with Crippen LogP contribution in [0.5, 0.6) is 0 Å². The number of nitrogens with one attached hydrogen (secondary N) is 2. The summed E-state index contributed by atoms with van der Waals surface area (Å²) in [6.45, 7) is 1.25. The molecule has 0 saturated heterocycles. The lowest BCUT2D eigenvalue weighted by molar-refractivity contribution is -0.114. The highest BCUT2D eigenvalue weighted by Gasteiger charge is 2.20. The van der Waals surface area contributed by atoms with Crippen LogP contribution in [0.15, 0.2) is 29.4 Å². The highest BCUT2D eigenvalue weighted by Crippen LogP contribution is 2.14. The van der Waals surface area contributed by atoms with Crippen molar-refractivity contribution in [1.29, 1.82) is 0 Å². The number of nitrogens with zero attached hydrogens (tertiary/aromatic N) is 2. The van der Waals surface area contributed by atoms with Gasteiger partial charge in [0.15, 0.2) is 0 Å². The first-order valence-electron chi connectivity index (χ1n) is 5.54. The second kappa shape index (κ2) is 5.37. The van der Waals surface area contributed by atoms with E-state index in [2.05, 4.69) is 20.5 Å². The summed E-state index contributed by atoms with van der Waals surface area (Å²) in [6, 6.07) is 5.10. The first-order chi connectivity index (χ1) is 9.37. The number of anilines is 1. The Morgan fingerprint density at radius 2 is 2.00 bits per heavy atom. The van der Waals surface area contributed by atoms with Crippen LogP contribution in [0.3, 0.4) is 0 Å². The molecule has 0 aliphatic carbocycles. The molecule has 2 rings (SSSR count). The van der Waals surface area contributed by atoms with Crippen molar-refractivity contribution in [3.63, 3.8) is 0 Å². The lowest BCUT2D eigenvalue weighted by Crippen LogP contribution is -2.09. The van der Waals surface area contributed by atoms with Gasteiger partial charge in [-0.1, -0.05) is 12.1 Å². The number of H-pyrrole nitrogens is 1. The Balaban J connectivity index is 2.19. The highest BCUT2D eigenvalue weighted by atomic mass is 32.2. The van der Waals surface area contributed by atoms with Gasteiger partial charge < -0.3 is 0 Å². The lowest BCUT2D eigenvalue weighted by atomic mass is 10.2. The van der Waals surface area contributed by atoms with Gasteiger partial charge in [0.1, 0.15) is 5.82 Å². The Hall–Kier alpha value is -2.29. The zero-order valence-corrected chi connectivity index (χ0v) is 11.2. The minimum Gasteiger partial charge on any atom is -0.293 e. The number of aromatic amines is 1. The zero-order valence-electron chi connectivity index (χ0n) is 10.4. The molecule has 106 valence electrons. The van der Waals surface area contributed by atoms with Gasteiger partial charge in [-0.15, -0.1) is 5.10 Å². The third kappa shape index (κ3) is 3.38. The number of amides is 1.